The molecule has 1 N–H and O–H groups in total. The summed E-state index contributed by atoms with van der Waals surface area (Å²) in [7, 11) is 0. The molecule has 1 atom stereocenters. The number of rotatable bonds is 4. The molecular formula is C18H23FN4O2. The Kier molecular flexibility index (Phi) is 5.31. The minimum Gasteiger partial charge on any atom is -0.340 e. The minimum atomic E-state index is -0.231. The smallest absolute Gasteiger partial charge is 0.317 e. The Morgan fingerprint density at radius 3 is 3.00 bits per heavy atom. The highest BCUT2D eigenvalue weighted by atomic mass is 19.1. The summed E-state index contributed by atoms with van der Waals surface area (Å²) in [5, 5.41) is 6.85. The maximum atomic E-state index is 13.3. The van der Waals surface area contributed by atoms with Gasteiger partial charge in [0, 0.05) is 33.0 Å². The van der Waals surface area contributed by atoms with Crippen molar-refractivity contribution < 1.29 is 13.7 Å². The van der Waals surface area contributed by atoms with Crippen LogP contribution in [0.15, 0.2) is 22.7 Å². The zero-order chi connectivity index (χ0) is 17.8. The van der Waals surface area contributed by atoms with E-state index in [1.165, 1.54) is 6.07 Å². The molecule has 2 heterocycles. The Morgan fingerprint density at radius 1 is 1.44 bits per heavy atom. The van der Waals surface area contributed by atoms with Crippen molar-refractivity contribution in [3.63, 3.8) is 0 Å². The van der Waals surface area contributed by atoms with E-state index in [9.17, 15) is 9.18 Å². The topological polar surface area (TPSA) is 71.3 Å². The first-order valence-electron chi connectivity index (χ1n) is 8.58. The van der Waals surface area contributed by atoms with E-state index in [1.807, 2.05) is 4.90 Å². The van der Waals surface area contributed by atoms with Crippen molar-refractivity contribution in [1.82, 2.24) is 20.4 Å². The molecule has 1 aromatic carbocycles. The van der Waals surface area contributed by atoms with Gasteiger partial charge >= 0.3 is 6.03 Å². The van der Waals surface area contributed by atoms with E-state index >= 15 is 0 Å². The number of carbonyl (C=O) groups excluding carboxylic acids is 1. The van der Waals surface area contributed by atoms with Crippen LogP contribution in [0.3, 0.4) is 0 Å². The van der Waals surface area contributed by atoms with Gasteiger partial charge in [-0.3, -0.25) is 0 Å². The lowest BCUT2D eigenvalue weighted by atomic mass is 9.95. The molecule has 0 saturated carbocycles. The SMILES string of the molecule is Cc1nc(C[C@@H]2CCCN(C(=O)NCc3ccc(F)c(C)c3)C2)no1. The summed E-state index contributed by atoms with van der Waals surface area (Å²) in [5.74, 6) is 1.37. The van der Waals surface area contributed by atoms with E-state index in [1.54, 1.807) is 26.0 Å². The van der Waals surface area contributed by atoms with Crippen LogP contribution >= 0.6 is 0 Å². The zero-order valence-electron chi connectivity index (χ0n) is 14.6. The molecule has 0 bridgehead atoms. The Balaban J connectivity index is 1.51. The summed E-state index contributed by atoms with van der Waals surface area (Å²) >= 11 is 0. The number of piperidine rings is 1. The van der Waals surface area contributed by atoms with Crippen LogP contribution in [0.1, 0.15) is 35.7 Å². The number of nitrogens with one attached hydrogen (secondary N) is 1. The Labute approximate surface area is 146 Å². The predicted molar refractivity (Wildman–Crippen MR) is 90.4 cm³/mol. The van der Waals surface area contributed by atoms with Crippen LogP contribution in [0.25, 0.3) is 0 Å². The van der Waals surface area contributed by atoms with Crippen LogP contribution in [0, 0.1) is 25.6 Å². The highest BCUT2D eigenvalue weighted by Crippen LogP contribution is 2.20. The van der Waals surface area contributed by atoms with Crippen LogP contribution in [-0.4, -0.2) is 34.2 Å². The Bertz CT molecular complexity index is 746. The van der Waals surface area contributed by atoms with Crippen molar-refractivity contribution in [2.24, 2.45) is 5.92 Å². The molecule has 1 aromatic heterocycles. The third-order valence-corrected chi connectivity index (χ3v) is 4.51. The van der Waals surface area contributed by atoms with E-state index < -0.39 is 0 Å². The number of carbonyl (C=O) groups is 1. The van der Waals surface area contributed by atoms with E-state index in [2.05, 4.69) is 15.5 Å². The molecule has 1 aliphatic heterocycles. The predicted octanol–water partition coefficient (Wildman–Crippen LogP) is 2.99. The highest BCUT2D eigenvalue weighted by molar-refractivity contribution is 5.74. The van der Waals surface area contributed by atoms with Gasteiger partial charge in [-0.15, -0.1) is 0 Å². The summed E-state index contributed by atoms with van der Waals surface area (Å²) in [6, 6.07) is 4.80. The molecule has 3 rings (SSSR count). The highest BCUT2D eigenvalue weighted by Gasteiger charge is 2.25. The molecule has 0 radical (unpaired) electrons. The average Bonchev–Trinajstić information content (AvgIpc) is 3.00. The fourth-order valence-corrected chi connectivity index (χ4v) is 3.20. The van der Waals surface area contributed by atoms with Gasteiger partial charge in [0.1, 0.15) is 5.82 Å². The van der Waals surface area contributed by atoms with Gasteiger partial charge in [-0.05, 0) is 42.9 Å². The molecule has 1 saturated heterocycles. The second-order valence-electron chi connectivity index (χ2n) is 6.63. The van der Waals surface area contributed by atoms with Gasteiger partial charge in [0.15, 0.2) is 5.82 Å². The zero-order valence-corrected chi connectivity index (χ0v) is 14.6. The number of hydrogen-bond acceptors (Lipinski definition) is 4. The number of halogens is 1. The van der Waals surface area contributed by atoms with Crippen molar-refractivity contribution in [3.8, 4) is 0 Å². The van der Waals surface area contributed by atoms with Gasteiger partial charge in [-0.2, -0.15) is 4.98 Å². The van der Waals surface area contributed by atoms with Gasteiger partial charge in [-0.25, -0.2) is 9.18 Å². The molecule has 2 amide bonds. The van der Waals surface area contributed by atoms with E-state index in [0.29, 0.717) is 36.3 Å². The van der Waals surface area contributed by atoms with E-state index in [4.69, 9.17) is 4.52 Å². The number of urea groups is 1. The third-order valence-electron chi connectivity index (χ3n) is 4.51. The molecule has 6 nitrogen and oxygen atoms in total. The number of aryl methyl sites for hydroxylation is 2. The van der Waals surface area contributed by atoms with Crippen molar-refractivity contribution in [2.45, 2.75) is 39.7 Å². The molecule has 0 unspecified atom stereocenters. The van der Waals surface area contributed by atoms with Gasteiger partial charge in [0.2, 0.25) is 5.89 Å². The first-order valence-corrected chi connectivity index (χ1v) is 8.58. The number of amides is 2. The summed E-state index contributed by atoms with van der Waals surface area (Å²) in [4.78, 5) is 18.5. The average molecular weight is 346 g/mol. The van der Waals surface area contributed by atoms with Crippen molar-refractivity contribution in [2.75, 3.05) is 13.1 Å². The monoisotopic (exact) mass is 346 g/mol. The molecule has 134 valence electrons. The lowest BCUT2D eigenvalue weighted by Crippen LogP contribution is -2.45. The fraction of sp³-hybridized carbons (Fsp3) is 0.500. The number of benzene rings is 1. The molecule has 1 fully saturated rings. The van der Waals surface area contributed by atoms with Gasteiger partial charge in [0.25, 0.3) is 0 Å². The molecule has 7 heteroatoms. The van der Waals surface area contributed by atoms with Gasteiger partial charge in [0.05, 0.1) is 0 Å². The first-order chi connectivity index (χ1) is 12.0. The maximum absolute atomic E-state index is 13.3. The van der Waals surface area contributed by atoms with E-state index in [-0.39, 0.29) is 11.8 Å². The second-order valence-corrected chi connectivity index (χ2v) is 6.63. The Morgan fingerprint density at radius 2 is 2.28 bits per heavy atom. The van der Waals surface area contributed by atoms with Crippen molar-refractivity contribution in [3.05, 3.63) is 46.9 Å². The molecule has 25 heavy (non-hydrogen) atoms. The van der Waals surface area contributed by atoms with Crippen LogP contribution in [-0.2, 0) is 13.0 Å². The lowest BCUT2D eigenvalue weighted by Gasteiger charge is -2.32. The first kappa shape index (κ1) is 17.4. The molecule has 2 aromatic rings. The summed E-state index contributed by atoms with van der Waals surface area (Å²) in [6.45, 7) is 5.31. The number of nitrogens with zero attached hydrogens (tertiary/aromatic N) is 3. The molecule has 1 aliphatic rings. The van der Waals surface area contributed by atoms with Gasteiger partial charge < -0.3 is 14.7 Å². The van der Waals surface area contributed by atoms with Crippen molar-refractivity contribution in [1.29, 1.82) is 0 Å². The minimum absolute atomic E-state index is 0.0871. The molecule has 0 aliphatic carbocycles. The molecular weight excluding hydrogens is 323 g/mol. The van der Waals surface area contributed by atoms with Crippen LogP contribution in [0.4, 0.5) is 9.18 Å². The van der Waals surface area contributed by atoms with Crippen molar-refractivity contribution >= 4 is 6.03 Å². The quantitative estimate of drug-likeness (QED) is 0.924. The normalized spacial score (nSPS) is 17.6. The number of hydrogen-bond donors (Lipinski definition) is 1. The summed E-state index contributed by atoms with van der Waals surface area (Å²) < 4.78 is 18.3. The summed E-state index contributed by atoms with van der Waals surface area (Å²) in [6.07, 6.45) is 2.73. The fourth-order valence-electron chi connectivity index (χ4n) is 3.20. The van der Waals surface area contributed by atoms with Crippen LogP contribution in [0.5, 0.6) is 0 Å². The van der Waals surface area contributed by atoms with Crippen LogP contribution in [0.2, 0.25) is 0 Å². The molecule has 0 spiro atoms. The maximum Gasteiger partial charge on any atom is 0.317 e. The second kappa shape index (κ2) is 7.63. The summed E-state index contributed by atoms with van der Waals surface area (Å²) in [5.41, 5.74) is 1.48. The largest absolute Gasteiger partial charge is 0.340 e. The number of likely N-dealkylation sites (tertiary alicyclic amines) is 1. The van der Waals surface area contributed by atoms with Crippen LogP contribution < -0.4 is 5.32 Å². The third kappa shape index (κ3) is 4.55. The lowest BCUT2D eigenvalue weighted by molar-refractivity contribution is 0.164. The number of aromatic nitrogens is 2. The van der Waals surface area contributed by atoms with E-state index in [0.717, 1.165) is 31.4 Å². The Hall–Kier alpha value is -2.44. The van der Waals surface area contributed by atoms with Gasteiger partial charge in [-0.1, -0.05) is 17.3 Å². The standard InChI is InChI=1S/C18H23FN4O2/c1-12-8-14(5-6-16(12)19)10-20-18(24)23-7-3-4-15(11-23)9-17-21-13(2)25-22-17/h5-6,8,15H,3-4,7,9-11H2,1-2H3,(H,20,24)/t15-/m0/s1.